The topological polar surface area (TPSA) is 109 Å². The molecule has 0 atom stereocenters. The van der Waals surface area contributed by atoms with E-state index in [1.54, 1.807) is 36.0 Å². The summed E-state index contributed by atoms with van der Waals surface area (Å²) in [6.07, 6.45) is -3.50. The maximum Gasteiger partial charge on any atom is 0.419 e. The number of anilines is 4. The molecule has 1 fully saturated rings. The highest BCUT2D eigenvalue weighted by Gasteiger charge is 2.34. The number of carbonyl (C=O) groups excluding carboxylic acids is 1. The normalized spacial score (nSPS) is 14.0. The SMILES string of the molecule is CNc1cc(-n2nc(CN3CCOCC3)cc2Nc2cc(NC(=O)c3ccc(F)c(C(F)(F)F)c3)ccc2C)ncn1. The molecule has 10 nitrogen and oxygen atoms in total. The summed E-state index contributed by atoms with van der Waals surface area (Å²) >= 11 is 0. The van der Waals surface area contributed by atoms with Crippen LogP contribution in [-0.4, -0.2) is 63.9 Å². The van der Waals surface area contributed by atoms with Crippen molar-refractivity contribution in [2.75, 3.05) is 49.3 Å². The third-order valence-electron chi connectivity index (χ3n) is 6.67. The number of hydrogen-bond acceptors (Lipinski definition) is 8. The van der Waals surface area contributed by atoms with Gasteiger partial charge >= 0.3 is 6.18 Å². The van der Waals surface area contributed by atoms with Crippen molar-refractivity contribution in [2.24, 2.45) is 0 Å². The van der Waals surface area contributed by atoms with Crippen LogP contribution in [-0.2, 0) is 17.5 Å². The quantitative estimate of drug-likeness (QED) is 0.249. The van der Waals surface area contributed by atoms with Gasteiger partial charge in [0, 0.05) is 55.8 Å². The first-order valence-electron chi connectivity index (χ1n) is 13.1. The van der Waals surface area contributed by atoms with Crippen molar-refractivity contribution in [2.45, 2.75) is 19.6 Å². The van der Waals surface area contributed by atoms with E-state index in [4.69, 9.17) is 9.84 Å². The first kappa shape index (κ1) is 29.0. The number of amides is 1. The summed E-state index contributed by atoms with van der Waals surface area (Å²) in [5.74, 6) is -0.542. The fourth-order valence-corrected chi connectivity index (χ4v) is 4.42. The fraction of sp³-hybridized carbons (Fsp3) is 0.286. The van der Waals surface area contributed by atoms with E-state index in [0.29, 0.717) is 60.7 Å². The van der Waals surface area contributed by atoms with Crippen LogP contribution in [0.25, 0.3) is 5.82 Å². The van der Waals surface area contributed by atoms with Gasteiger partial charge in [0.2, 0.25) is 0 Å². The van der Waals surface area contributed by atoms with Crippen LogP contribution in [0, 0.1) is 12.7 Å². The zero-order valence-electron chi connectivity index (χ0n) is 22.8. The second kappa shape index (κ2) is 12.1. The molecule has 0 bridgehead atoms. The van der Waals surface area contributed by atoms with Gasteiger partial charge in [-0.25, -0.2) is 14.4 Å². The van der Waals surface area contributed by atoms with Gasteiger partial charge in [0.1, 0.15) is 23.8 Å². The Labute approximate surface area is 238 Å². The molecule has 3 N–H and O–H groups in total. The van der Waals surface area contributed by atoms with Crippen molar-refractivity contribution < 1.29 is 27.1 Å². The van der Waals surface area contributed by atoms with Gasteiger partial charge < -0.3 is 20.7 Å². The minimum atomic E-state index is -4.93. The van der Waals surface area contributed by atoms with Crippen LogP contribution < -0.4 is 16.0 Å². The van der Waals surface area contributed by atoms with Crippen LogP contribution >= 0.6 is 0 Å². The number of morpholine rings is 1. The van der Waals surface area contributed by atoms with E-state index in [0.717, 1.165) is 30.4 Å². The molecule has 1 aliphatic heterocycles. The average Bonchev–Trinajstić information content (AvgIpc) is 3.36. The van der Waals surface area contributed by atoms with Crippen LogP contribution in [0.2, 0.25) is 0 Å². The zero-order chi connectivity index (χ0) is 29.9. The number of aryl methyl sites for hydroxylation is 1. The second-order valence-corrected chi connectivity index (χ2v) is 9.63. The molecule has 3 heterocycles. The van der Waals surface area contributed by atoms with E-state index in [-0.39, 0.29) is 5.56 Å². The van der Waals surface area contributed by atoms with Gasteiger partial charge in [-0.1, -0.05) is 6.07 Å². The lowest BCUT2D eigenvalue weighted by atomic mass is 10.1. The Morgan fingerprint density at radius 1 is 1.05 bits per heavy atom. The molecular weight excluding hydrogens is 556 g/mol. The Morgan fingerprint density at radius 2 is 1.83 bits per heavy atom. The lowest BCUT2D eigenvalue weighted by Crippen LogP contribution is -2.35. The number of rotatable bonds is 8. The van der Waals surface area contributed by atoms with Gasteiger partial charge in [-0.15, -0.1) is 0 Å². The van der Waals surface area contributed by atoms with E-state index in [9.17, 15) is 22.4 Å². The van der Waals surface area contributed by atoms with Gasteiger partial charge in [0.05, 0.1) is 24.5 Å². The summed E-state index contributed by atoms with van der Waals surface area (Å²) in [6, 6.07) is 10.8. The third kappa shape index (κ3) is 6.66. The van der Waals surface area contributed by atoms with E-state index in [1.807, 2.05) is 13.0 Å². The summed E-state index contributed by atoms with van der Waals surface area (Å²) in [4.78, 5) is 23.6. The first-order chi connectivity index (χ1) is 20.1. The maximum atomic E-state index is 13.7. The third-order valence-corrected chi connectivity index (χ3v) is 6.67. The standard InChI is InChI=1S/C28H28F4N8O2/c1-17-3-5-19(36-27(41)18-4-6-22(29)21(11-18)28(30,31)32)12-23(17)37-26-13-20(15-39-7-9-42-10-8-39)38-40(26)25-14-24(33-2)34-16-35-25/h3-6,11-14,16,37H,7-10,15H2,1-2H3,(H,36,41)(H,33,34,35). The van der Waals surface area contributed by atoms with Crippen LogP contribution in [0.15, 0.2) is 54.9 Å². The number of halogens is 4. The molecule has 1 amide bonds. The smallest absolute Gasteiger partial charge is 0.379 e. The number of nitrogens with one attached hydrogen (secondary N) is 3. The summed E-state index contributed by atoms with van der Waals surface area (Å²) < 4.78 is 60.2. The molecule has 1 aliphatic rings. The van der Waals surface area contributed by atoms with Crippen molar-refractivity contribution in [3.8, 4) is 5.82 Å². The lowest BCUT2D eigenvalue weighted by molar-refractivity contribution is -0.140. The number of carbonyl (C=O) groups is 1. The van der Waals surface area contributed by atoms with E-state index < -0.39 is 23.5 Å². The molecule has 2 aromatic carbocycles. The first-order valence-corrected chi connectivity index (χ1v) is 13.1. The summed E-state index contributed by atoms with van der Waals surface area (Å²) in [7, 11) is 1.75. The zero-order valence-corrected chi connectivity index (χ0v) is 22.8. The molecule has 0 unspecified atom stereocenters. The van der Waals surface area contributed by atoms with Crippen LogP contribution in [0.5, 0.6) is 0 Å². The van der Waals surface area contributed by atoms with Crippen molar-refractivity contribution in [1.82, 2.24) is 24.6 Å². The van der Waals surface area contributed by atoms with Gasteiger partial charge in [-0.3, -0.25) is 9.69 Å². The molecular formula is C28H28F4N8O2. The molecule has 2 aromatic heterocycles. The number of ether oxygens (including phenoxy) is 1. The lowest BCUT2D eigenvalue weighted by Gasteiger charge is -2.25. The van der Waals surface area contributed by atoms with E-state index in [2.05, 4.69) is 30.8 Å². The second-order valence-electron chi connectivity index (χ2n) is 9.63. The number of nitrogens with zero attached hydrogens (tertiary/aromatic N) is 5. The fourth-order valence-electron chi connectivity index (χ4n) is 4.42. The van der Waals surface area contributed by atoms with Crippen molar-refractivity contribution in [1.29, 1.82) is 0 Å². The summed E-state index contributed by atoms with van der Waals surface area (Å²) in [5, 5.41) is 13.7. The van der Waals surface area contributed by atoms with Gasteiger partial charge in [-0.2, -0.15) is 23.0 Å². The van der Waals surface area contributed by atoms with E-state index >= 15 is 0 Å². The van der Waals surface area contributed by atoms with Gasteiger partial charge in [0.25, 0.3) is 5.91 Å². The maximum absolute atomic E-state index is 13.7. The van der Waals surface area contributed by atoms with Gasteiger partial charge in [-0.05, 0) is 42.8 Å². The summed E-state index contributed by atoms with van der Waals surface area (Å²) in [5.41, 5.74) is 0.732. The number of benzene rings is 2. The Kier molecular flexibility index (Phi) is 8.36. The molecule has 14 heteroatoms. The Hall–Kier alpha value is -4.56. The molecule has 220 valence electrons. The minimum Gasteiger partial charge on any atom is -0.379 e. The predicted molar refractivity (Wildman–Crippen MR) is 149 cm³/mol. The van der Waals surface area contributed by atoms with Crippen molar-refractivity contribution in [3.05, 3.63) is 83.1 Å². The summed E-state index contributed by atoms with van der Waals surface area (Å²) in [6.45, 7) is 5.33. The Balaban J connectivity index is 1.42. The van der Waals surface area contributed by atoms with Crippen molar-refractivity contribution >= 4 is 28.9 Å². The molecule has 0 saturated carbocycles. The van der Waals surface area contributed by atoms with Crippen LogP contribution in [0.3, 0.4) is 0 Å². The average molecular weight is 585 g/mol. The Morgan fingerprint density at radius 3 is 2.57 bits per heavy atom. The van der Waals surface area contributed by atoms with Crippen LogP contribution in [0.4, 0.5) is 40.6 Å². The molecule has 0 spiro atoms. The Bertz CT molecular complexity index is 1580. The van der Waals surface area contributed by atoms with Crippen molar-refractivity contribution in [3.63, 3.8) is 0 Å². The minimum absolute atomic E-state index is 0.324. The van der Waals surface area contributed by atoms with E-state index in [1.165, 1.54) is 6.33 Å². The molecule has 5 rings (SSSR count). The molecule has 0 aliphatic carbocycles. The monoisotopic (exact) mass is 584 g/mol. The predicted octanol–water partition coefficient (Wildman–Crippen LogP) is 5.00. The highest BCUT2D eigenvalue weighted by atomic mass is 19.4. The number of hydrogen-bond donors (Lipinski definition) is 3. The molecule has 4 aromatic rings. The molecule has 1 saturated heterocycles. The van der Waals surface area contributed by atoms with Crippen LogP contribution in [0.1, 0.15) is 27.2 Å². The highest BCUT2D eigenvalue weighted by Crippen LogP contribution is 2.32. The number of alkyl halides is 3. The highest BCUT2D eigenvalue weighted by molar-refractivity contribution is 6.04. The number of aromatic nitrogens is 4. The molecule has 42 heavy (non-hydrogen) atoms. The van der Waals surface area contributed by atoms with Gasteiger partial charge in [0.15, 0.2) is 5.82 Å². The largest absolute Gasteiger partial charge is 0.419 e. The molecule has 0 radical (unpaired) electrons.